The normalized spacial score (nSPS) is 14.3. The zero-order valence-electron chi connectivity index (χ0n) is 18.2. The highest BCUT2D eigenvalue weighted by molar-refractivity contribution is 5.92. The number of nitrogens with one attached hydrogen (secondary N) is 4. The van der Waals surface area contributed by atoms with E-state index in [1.54, 1.807) is 0 Å². The van der Waals surface area contributed by atoms with Crippen molar-refractivity contribution in [3.63, 3.8) is 0 Å². The van der Waals surface area contributed by atoms with Crippen LogP contribution >= 0.6 is 0 Å². The summed E-state index contributed by atoms with van der Waals surface area (Å²) in [5.74, 6) is -3.61. The van der Waals surface area contributed by atoms with Gasteiger partial charge in [-0.05, 0) is 19.8 Å². The van der Waals surface area contributed by atoms with Crippen molar-refractivity contribution < 1.29 is 29.4 Å². The van der Waals surface area contributed by atoms with Gasteiger partial charge in [0.25, 0.3) is 0 Å². The van der Waals surface area contributed by atoms with Gasteiger partial charge in [0, 0.05) is 24.9 Å². The number of hydrogen-bond donors (Lipinski definition) is 9. The molecule has 0 bridgehead atoms. The standard InChI is InChI=1S/C18H31N9O6/c1-9(28)14(19)16(31)27-11(3-2-4-23-18(20)21)15(30)24-7-13(29)26-12(17(32)33)5-10-6-22-8-25-10/h6,8-9,11-12,14,28H,2-5,7,19H2,1H3,(H,22,25)(H,24,30)(H,26,29)(H,27,31)(H,32,33)(H4,20,21,23). The van der Waals surface area contributed by atoms with E-state index in [0.717, 1.165) is 0 Å². The number of aliphatic hydroxyl groups excluding tert-OH is 1. The van der Waals surface area contributed by atoms with Crippen molar-refractivity contribution in [1.29, 1.82) is 0 Å². The van der Waals surface area contributed by atoms with E-state index in [2.05, 4.69) is 30.9 Å². The quantitative estimate of drug-likeness (QED) is 0.0721. The number of guanidine groups is 1. The highest BCUT2D eigenvalue weighted by Gasteiger charge is 2.26. The lowest BCUT2D eigenvalue weighted by Crippen LogP contribution is -2.55. The van der Waals surface area contributed by atoms with E-state index in [4.69, 9.17) is 17.2 Å². The average Bonchev–Trinajstić information content (AvgIpc) is 3.25. The summed E-state index contributed by atoms with van der Waals surface area (Å²) >= 11 is 0. The number of carbonyl (C=O) groups is 4. The van der Waals surface area contributed by atoms with Crippen LogP contribution in [0.25, 0.3) is 0 Å². The Labute approximate surface area is 189 Å². The van der Waals surface area contributed by atoms with Gasteiger partial charge in [-0.3, -0.25) is 19.4 Å². The fraction of sp³-hybridized carbons (Fsp3) is 0.556. The second kappa shape index (κ2) is 13.6. The van der Waals surface area contributed by atoms with Gasteiger partial charge in [-0.2, -0.15) is 0 Å². The number of nitrogens with zero attached hydrogens (tertiary/aromatic N) is 2. The summed E-state index contributed by atoms with van der Waals surface area (Å²) < 4.78 is 0. The highest BCUT2D eigenvalue weighted by atomic mass is 16.4. The molecule has 0 aliphatic rings. The van der Waals surface area contributed by atoms with Crippen molar-refractivity contribution >= 4 is 29.7 Å². The van der Waals surface area contributed by atoms with Crippen LogP contribution in [0.4, 0.5) is 0 Å². The molecular weight excluding hydrogens is 438 g/mol. The molecule has 4 unspecified atom stereocenters. The minimum Gasteiger partial charge on any atom is -0.480 e. The summed E-state index contributed by atoms with van der Waals surface area (Å²) in [5.41, 5.74) is 16.6. The molecule has 0 fully saturated rings. The second-order valence-electron chi connectivity index (χ2n) is 7.23. The molecule has 1 aromatic rings. The summed E-state index contributed by atoms with van der Waals surface area (Å²) in [6, 6.07) is -3.60. The Bertz CT molecular complexity index is 823. The number of carbonyl (C=O) groups excluding carboxylic acids is 3. The van der Waals surface area contributed by atoms with Gasteiger partial charge in [-0.1, -0.05) is 0 Å². The maximum absolute atomic E-state index is 12.6. The third-order valence-electron chi connectivity index (χ3n) is 4.44. The number of carboxylic acids is 1. The molecule has 3 amide bonds. The van der Waals surface area contributed by atoms with Crippen LogP contribution in [0.3, 0.4) is 0 Å². The number of amides is 3. The van der Waals surface area contributed by atoms with E-state index >= 15 is 0 Å². The molecule has 15 nitrogen and oxygen atoms in total. The van der Waals surface area contributed by atoms with Crippen molar-refractivity contribution in [3.05, 3.63) is 18.2 Å². The molecule has 15 heteroatoms. The number of aliphatic carboxylic acids is 1. The first-order chi connectivity index (χ1) is 15.5. The lowest BCUT2D eigenvalue weighted by molar-refractivity contribution is -0.141. The first kappa shape index (κ1) is 27.3. The Balaban J connectivity index is 2.68. The molecule has 0 aliphatic carbocycles. The molecule has 1 aromatic heterocycles. The molecular formula is C18H31N9O6. The molecule has 0 aromatic carbocycles. The van der Waals surface area contributed by atoms with E-state index < -0.39 is 54.5 Å². The number of rotatable bonds is 14. The van der Waals surface area contributed by atoms with Crippen molar-refractivity contribution in [1.82, 2.24) is 25.9 Å². The topological polar surface area (TPSA) is 264 Å². The number of aromatic amines is 1. The average molecular weight is 470 g/mol. The van der Waals surface area contributed by atoms with Crippen LogP contribution in [0.15, 0.2) is 17.5 Å². The molecule has 1 heterocycles. The van der Waals surface area contributed by atoms with Crippen molar-refractivity contribution in [2.24, 2.45) is 22.2 Å². The summed E-state index contributed by atoms with van der Waals surface area (Å²) in [6.45, 7) is 0.984. The highest BCUT2D eigenvalue weighted by Crippen LogP contribution is 2.01. The van der Waals surface area contributed by atoms with Gasteiger partial charge in [-0.15, -0.1) is 0 Å². The number of nitrogens with two attached hydrogens (primary N) is 3. The van der Waals surface area contributed by atoms with Gasteiger partial charge < -0.3 is 48.3 Å². The number of aromatic nitrogens is 2. The van der Waals surface area contributed by atoms with Gasteiger partial charge in [0.2, 0.25) is 17.7 Å². The van der Waals surface area contributed by atoms with Gasteiger partial charge in [0.1, 0.15) is 18.1 Å². The molecule has 4 atom stereocenters. The van der Waals surface area contributed by atoms with Crippen LogP contribution in [-0.2, 0) is 25.6 Å². The molecule has 12 N–H and O–H groups in total. The lowest BCUT2D eigenvalue weighted by atomic mass is 10.1. The summed E-state index contributed by atoms with van der Waals surface area (Å²) in [7, 11) is 0. The zero-order chi connectivity index (χ0) is 25.0. The van der Waals surface area contributed by atoms with Crippen molar-refractivity contribution in [2.75, 3.05) is 13.1 Å². The van der Waals surface area contributed by atoms with Crippen LogP contribution in [0.5, 0.6) is 0 Å². The maximum Gasteiger partial charge on any atom is 0.326 e. The van der Waals surface area contributed by atoms with Gasteiger partial charge in [0.05, 0.1) is 19.0 Å². The summed E-state index contributed by atoms with van der Waals surface area (Å²) in [4.78, 5) is 58.6. The number of aliphatic hydroxyl groups is 1. The van der Waals surface area contributed by atoms with Crippen LogP contribution in [0.1, 0.15) is 25.5 Å². The number of imidazole rings is 1. The first-order valence-corrected chi connectivity index (χ1v) is 10.1. The van der Waals surface area contributed by atoms with Gasteiger partial charge in [0.15, 0.2) is 5.96 Å². The van der Waals surface area contributed by atoms with Crippen LogP contribution in [0, 0.1) is 0 Å². The third-order valence-corrected chi connectivity index (χ3v) is 4.44. The van der Waals surface area contributed by atoms with E-state index in [1.165, 1.54) is 19.4 Å². The summed E-state index contributed by atoms with van der Waals surface area (Å²) in [5, 5.41) is 25.8. The van der Waals surface area contributed by atoms with Gasteiger partial charge in [-0.25, -0.2) is 9.78 Å². The Morgan fingerprint density at radius 2 is 1.88 bits per heavy atom. The van der Waals surface area contributed by atoms with Crippen LogP contribution in [0.2, 0.25) is 0 Å². The van der Waals surface area contributed by atoms with E-state index in [0.29, 0.717) is 12.1 Å². The largest absolute Gasteiger partial charge is 0.480 e. The summed E-state index contributed by atoms with van der Waals surface area (Å²) in [6.07, 6.45) is 2.05. The molecule has 0 aliphatic heterocycles. The van der Waals surface area contributed by atoms with Gasteiger partial charge >= 0.3 is 5.97 Å². The van der Waals surface area contributed by atoms with E-state index in [-0.39, 0.29) is 25.3 Å². The van der Waals surface area contributed by atoms with E-state index in [1.807, 2.05) is 0 Å². The molecule has 1 rings (SSSR count). The predicted octanol–water partition coefficient (Wildman–Crippen LogP) is -4.12. The molecule has 0 saturated heterocycles. The minimum absolute atomic E-state index is 0.0320. The Hall–Kier alpha value is -3.72. The Kier molecular flexibility index (Phi) is 11.3. The second-order valence-corrected chi connectivity index (χ2v) is 7.23. The Morgan fingerprint density at radius 1 is 1.18 bits per heavy atom. The fourth-order valence-electron chi connectivity index (χ4n) is 2.61. The molecule has 0 spiro atoms. The van der Waals surface area contributed by atoms with Crippen molar-refractivity contribution in [2.45, 2.75) is 50.4 Å². The number of hydrogen-bond acceptors (Lipinski definition) is 8. The first-order valence-electron chi connectivity index (χ1n) is 10.1. The van der Waals surface area contributed by atoms with E-state index in [9.17, 15) is 29.4 Å². The molecule has 184 valence electrons. The SMILES string of the molecule is CC(O)C(N)C(=O)NC(CCCN=C(N)N)C(=O)NCC(=O)NC(Cc1cnc[nH]1)C(=O)O. The monoisotopic (exact) mass is 469 g/mol. The molecule has 0 saturated carbocycles. The Morgan fingerprint density at radius 3 is 2.42 bits per heavy atom. The fourth-order valence-corrected chi connectivity index (χ4v) is 2.61. The lowest BCUT2D eigenvalue weighted by Gasteiger charge is -2.22. The molecule has 33 heavy (non-hydrogen) atoms. The number of H-pyrrole nitrogens is 1. The van der Waals surface area contributed by atoms with Crippen molar-refractivity contribution in [3.8, 4) is 0 Å². The minimum atomic E-state index is -1.26. The van der Waals surface area contributed by atoms with Crippen LogP contribution in [-0.4, -0.2) is 87.2 Å². The predicted molar refractivity (Wildman–Crippen MR) is 116 cm³/mol. The van der Waals surface area contributed by atoms with Crippen LogP contribution < -0.4 is 33.2 Å². The zero-order valence-corrected chi connectivity index (χ0v) is 18.2. The third kappa shape index (κ3) is 10.4. The maximum atomic E-state index is 12.6. The number of carboxylic acid groups (broad SMARTS) is 1. The smallest absolute Gasteiger partial charge is 0.326 e. The molecule has 0 radical (unpaired) electrons. The number of aliphatic imine (C=N–C) groups is 1.